The number of para-hydroxylation sites is 1. The third-order valence-corrected chi connectivity index (χ3v) is 4.55. The van der Waals surface area contributed by atoms with Crippen LogP contribution in [0.25, 0.3) is 0 Å². The number of carbonyl (C=O) groups excluding carboxylic acids is 2. The molecule has 28 heavy (non-hydrogen) atoms. The van der Waals surface area contributed by atoms with E-state index in [0.717, 1.165) is 16.8 Å². The second-order valence-electron chi connectivity index (χ2n) is 6.46. The third-order valence-electron chi connectivity index (χ3n) is 4.32. The van der Waals surface area contributed by atoms with Gasteiger partial charge >= 0.3 is 0 Å². The number of anilines is 2. The number of hydrogen-bond donors (Lipinski definition) is 2. The first-order valence-electron chi connectivity index (χ1n) is 8.68. The average molecular weight is 398 g/mol. The van der Waals surface area contributed by atoms with Crippen LogP contribution in [-0.4, -0.2) is 26.8 Å². The van der Waals surface area contributed by atoms with E-state index >= 15 is 0 Å². The van der Waals surface area contributed by atoms with Crippen LogP contribution in [0.5, 0.6) is 0 Å². The van der Waals surface area contributed by atoms with Crippen LogP contribution in [0.3, 0.4) is 0 Å². The van der Waals surface area contributed by atoms with Crippen LogP contribution < -0.4 is 10.6 Å². The van der Waals surface area contributed by atoms with Crippen LogP contribution in [0.4, 0.5) is 11.4 Å². The molecule has 0 aliphatic carbocycles. The van der Waals surface area contributed by atoms with Crippen LogP contribution in [0.2, 0.25) is 5.02 Å². The summed E-state index contributed by atoms with van der Waals surface area (Å²) in [7, 11) is 0. The third kappa shape index (κ3) is 4.37. The first-order chi connectivity index (χ1) is 13.3. The maximum Gasteiger partial charge on any atom is 0.278 e. The molecule has 0 aliphatic rings. The van der Waals surface area contributed by atoms with Crippen molar-refractivity contribution in [1.82, 2.24) is 15.0 Å². The minimum absolute atomic E-state index is 0.0674. The Morgan fingerprint density at radius 2 is 1.71 bits per heavy atom. The number of hydrogen-bond acceptors (Lipinski definition) is 4. The molecule has 1 heterocycles. The van der Waals surface area contributed by atoms with E-state index in [1.54, 1.807) is 31.2 Å². The second-order valence-corrected chi connectivity index (χ2v) is 6.90. The van der Waals surface area contributed by atoms with Gasteiger partial charge in [0, 0.05) is 16.4 Å². The minimum atomic E-state index is -0.364. The van der Waals surface area contributed by atoms with E-state index in [1.165, 1.54) is 4.68 Å². The number of amides is 2. The fraction of sp³-hybridized carbons (Fsp3) is 0.200. The molecule has 0 bridgehead atoms. The molecular weight excluding hydrogens is 378 g/mol. The van der Waals surface area contributed by atoms with Crippen molar-refractivity contribution in [2.45, 2.75) is 27.3 Å². The zero-order chi connectivity index (χ0) is 20.3. The molecule has 2 N–H and O–H groups in total. The predicted octanol–water partition coefficient (Wildman–Crippen LogP) is 3.75. The van der Waals surface area contributed by atoms with Gasteiger partial charge in [-0.05, 0) is 50.1 Å². The van der Waals surface area contributed by atoms with Gasteiger partial charge in [-0.2, -0.15) is 0 Å². The number of halogens is 1. The molecule has 144 valence electrons. The molecule has 3 aromatic rings. The van der Waals surface area contributed by atoms with E-state index in [9.17, 15) is 9.59 Å². The van der Waals surface area contributed by atoms with Crippen molar-refractivity contribution < 1.29 is 9.59 Å². The van der Waals surface area contributed by atoms with Crippen LogP contribution >= 0.6 is 11.6 Å². The number of nitrogens with zero attached hydrogens (tertiary/aromatic N) is 3. The number of aromatic nitrogens is 3. The van der Waals surface area contributed by atoms with E-state index in [1.807, 2.05) is 32.0 Å². The maximum atomic E-state index is 12.6. The summed E-state index contributed by atoms with van der Waals surface area (Å²) >= 11 is 5.92. The highest BCUT2D eigenvalue weighted by molar-refractivity contribution is 6.30. The van der Waals surface area contributed by atoms with Gasteiger partial charge in [0.05, 0.1) is 5.69 Å². The Labute approximate surface area is 167 Å². The summed E-state index contributed by atoms with van der Waals surface area (Å²) in [5.74, 6) is -0.659. The topological polar surface area (TPSA) is 88.9 Å². The molecular formula is C20H20ClN5O2. The highest BCUT2D eigenvalue weighted by Gasteiger charge is 2.19. The predicted molar refractivity (Wildman–Crippen MR) is 109 cm³/mol. The molecule has 0 saturated heterocycles. The molecule has 0 atom stereocenters. The Morgan fingerprint density at radius 3 is 2.39 bits per heavy atom. The maximum absolute atomic E-state index is 12.6. The van der Waals surface area contributed by atoms with E-state index in [-0.39, 0.29) is 24.1 Å². The lowest BCUT2D eigenvalue weighted by Gasteiger charge is -2.10. The summed E-state index contributed by atoms with van der Waals surface area (Å²) in [5, 5.41) is 14.0. The SMILES string of the molecule is Cc1cccc(C)c1NC(=O)c1nnn(CC(=O)Nc2cccc(Cl)c2)c1C. The molecule has 1 aromatic heterocycles. The number of aryl methyl sites for hydroxylation is 2. The highest BCUT2D eigenvalue weighted by atomic mass is 35.5. The fourth-order valence-electron chi connectivity index (χ4n) is 2.81. The quantitative estimate of drug-likeness (QED) is 0.686. The van der Waals surface area contributed by atoms with Gasteiger partial charge < -0.3 is 10.6 Å². The van der Waals surface area contributed by atoms with Crippen LogP contribution in [-0.2, 0) is 11.3 Å². The van der Waals surface area contributed by atoms with Gasteiger partial charge in [0.1, 0.15) is 6.54 Å². The molecule has 7 nitrogen and oxygen atoms in total. The first-order valence-corrected chi connectivity index (χ1v) is 9.06. The number of carbonyl (C=O) groups is 2. The average Bonchev–Trinajstić information content (AvgIpc) is 2.98. The number of benzene rings is 2. The minimum Gasteiger partial charge on any atom is -0.324 e. The Hall–Kier alpha value is -3.19. The van der Waals surface area contributed by atoms with Crippen LogP contribution in [0, 0.1) is 20.8 Å². The lowest BCUT2D eigenvalue weighted by atomic mass is 10.1. The van der Waals surface area contributed by atoms with Crippen LogP contribution in [0.1, 0.15) is 27.3 Å². The Kier molecular flexibility index (Phi) is 5.75. The second kappa shape index (κ2) is 8.22. The molecule has 0 aliphatic heterocycles. The van der Waals surface area contributed by atoms with Gasteiger partial charge in [0.25, 0.3) is 5.91 Å². The largest absolute Gasteiger partial charge is 0.324 e. The zero-order valence-electron chi connectivity index (χ0n) is 15.8. The van der Waals surface area contributed by atoms with E-state index in [4.69, 9.17) is 11.6 Å². The van der Waals surface area contributed by atoms with Gasteiger partial charge in [-0.1, -0.05) is 41.1 Å². The smallest absolute Gasteiger partial charge is 0.278 e. The number of nitrogens with one attached hydrogen (secondary N) is 2. The lowest BCUT2D eigenvalue weighted by molar-refractivity contribution is -0.117. The number of rotatable bonds is 5. The van der Waals surface area contributed by atoms with Gasteiger partial charge in [0.2, 0.25) is 5.91 Å². The van der Waals surface area contributed by atoms with Crippen molar-refractivity contribution in [3.63, 3.8) is 0 Å². The monoisotopic (exact) mass is 397 g/mol. The normalized spacial score (nSPS) is 10.6. The standard InChI is InChI=1S/C20H20ClN5O2/c1-12-6-4-7-13(2)18(12)23-20(28)19-14(3)26(25-24-19)11-17(27)22-16-9-5-8-15(21)10-16/h4-10H,11H2,1-3H3,(H,22,27)(H,23,28). The molecule has 0 unspecified atom stereocenters. The Morgan fingerprint density at radius 1 is 1.04 bits per heavy atom. The molecule has 0 saturated carbocycles. The molecule has 3 rings (SSSR count). The van der Waals surface area contributed by atoms with E-state index < -0.39 is 0 Å². The summed E-state index contributed by atoms with van der Waals surface area (Å²) in [4.78, 5) is 24.9. The summed E-state index contributed by atoms with van der Waals surface area (Å²) in [6.07, 6.45) is 0. The molecule has 8 heteroatoms. The summed E-state index contributed by atoms with van der Waals surface area (Å²) in [6.45, 7) is 5.48. The van der Waals surface area contributed by atoms with Crippen molar-refractivity contribution in [2.24, 2.45) is 0 Å². The van der Waals surface area contributed by atoms with Gasteiger partial charge in [0.15, 0.2) is 5.69 Å². The van der Waals surface area contributed by atoms with Crippen molar-refractivity contribution >= 4 is 34.8 Å². The van der Waals surface area contributed by atoms with Crippen molar-refractivity contribution in [2.75, 3.05) is 10.6 Å². The first kappa shape index (κ1) is 19.6. The van der Waals surface area contributed by atoms with Crippen molar-refractivity contribution in [3.8, 4) is 0 Å². The molecule has 2 aromatic carbocycles. The zero-order valence-corrected chi connectivity index (χ0v) is 16.5. The fourth-order valence-corrected chi connectivity index (χ4v) is 3.00. The molecule has 2 amide bonds. The van der Waals surface area contributed by atoms with E-state index in [2.05, 4.69) is 20.9 Å². The highest BCUT2D eigenvalue weighted by Crippen LogP contribution is 2.20. The van der Waals surface area contributed by atoms with Crippen LogP contribution in [0.15, 0.2) is 42.5 Å². The van der Waals surface area contributed by atoms with Crippen molar-refractivity contribution in [1.29, 1.82) is 0 Å². The summed E-state index contributed by atoms with van der Waals surface area (Å²) in [5.41, 5.74) is 3.94. The van der Waals surface area contributed by atoms with Crippen molar-refractivity contribution in [3.05, 3.63) is 70.0 Å². The van der Waals surface area contributed by atoms with E-state index in [0.29, 0.717) is 16.4 Å². The van der Waals surface area contributed by atoms with Gasteiger partial charge in [-0.15, -0.1) is 5.10 Å². The summed E-state index contributed by atoms with van der Waals surface area (Å²) < 4.78 is 1.39. The lowest BCUT2D eigenvalue weighted by Crippen LogP contribution is -2.21. The Balaban J connectivity index is 1.71. The van der Waals surface area contributed by atoms with Gasteiger partial charge in [-0.25, -0.2) is 4.68 Å². The molecule has 0 radical (unpaired) electrons. The Bertz CT molecular complexity index is 1020. The molecule has 0 fully saturated rings. The van der Waals surface area contributed by atoms with Gasteiger partial charge in [-0.3, -0.25) is 9.59 Å². The molecule has 0 spiro atoms. The summed E-state index contributed by atoms with van der Waals surface area (Å²) in [6, 6.07) is 12.6.